The minimum Gasteiger partial charge on any atom is -0.507 e. The van der Waals surface area contributed by atoms with Crippen LogP contribution >= 0.6 is 39.1 Å². The molecule has 2 aliphatic carbocycles. The van der Waals surface area contributed by atoms with Crippen LogP contribution in [0.5, 0.6) is 5.75 Å². The normalized spacial score (nSPS) is 32.7. The monoisotopic (exact) mass is 652 g/mol. The first kappa shape index (κ1) is 26.7. The lowest BCUT2D eigenvalue weighted by atomic mass is 9.56. The Kier molecular flexibility index (Phi) is 5.95. The van der Waals surface area contributed by atoms with Crippen LogP contribution in [0, 0.1) is 17.8 Å². The molecule has 4 aliphatic rings. The van der Waals surface area contributed by atoms with Gasteiger partial charge in [-0.15, -0.1) is 23.2 Å². The molecule has 0 radical (unpaired) electrons. The highest BCUT2D eigenvalue weighted by atomic mass is 79.9. The highest BCUT2D eigenvalue weighted by molar-refractivity contribution is 9.09. The van der Waals surface area contributed by atoms with Crippen LogP contribution in [-0.4, -0.2) is 48.8 Å². The highest BCUT2D eigenvalue weighted by Crippen LogP contribution is 2.66. The summed E-state index contributed by atoms with van der Waals surface area (Å²) in [6.45, 7) is 0. The number of anilines is 1. The van der Waals surface area contributed by atoms with E-state index in [0.717, 1.165) is 4.90 Å². The van der Waals surface area contributed by atoms with Gasteiger partial charge in [0, 0.05) is 11.3 Å². The molecule has 6 atom stereocenters. The van der Waals surface area contributed by atoms with Crippen LogP contribution in [-0.2, 0) is 19.2 Å². The lowest BCUT2D eigenvalue weighted by Gasteiger charge is -2.51. The number of aromatic hydroxyl groups is 1. The standard InChI is InChI=1S/C31H23BrCl2N2O5/c32-15-35-28(40)30(33)14-22-20(10-11-21-24(22)27(39)36(26(21)38)16-6-2-1-3-7-16)25(31(30,34)29(35)41)19-12-13-23(37)18-9-5-4-8-17(18)19/h1-10,12-13,21-22,24-25,37H,11,14-15H2. The van der Waals surface area contributed by atoms with E-state index in [9.17, 15) is 24.3 Å². The minimum absolute atomic E-state index is 0.0566. The summed E-state index contributed by atoms with van der Waals surface area (Å²) in [5, 5.41) is 11.8. The van der Waals surface area contributed by atoms with E-state index >= 15 is 0 Å². The number of para-hydroxylation sites is 1. The molecular weight excluding hydrogens is 631 g/mol. The van der Waals surface area contributed by atoms with Crippen molar-refractivity contribution in [3.8, 4) is 5.75 Å². The van der Waals surface area contributed by atoms with Gasteiger partial charge in [0.05, 0.1) is 23.0 Å². The van der Waals surface area contributed by atoms with E-state index in [4.69, 9.17) is 23.2 Å². The number of phenols is 1. The summed E-state index contributed by atoms with van der Waals surface area (Å²) in [7, 11) is 0. The van der Waals surface area contributed by atoms with Crippen LogP contribution in [0.2, 0.25) is 0 Å². The lowest BCUT2D eigenvalue weighted by molar-refractivity contribution is -0.138. The van der Waals surface area contributed by atoms with Gasteiger partial charge in [-0.25, -0.2) is 0 Å². The number of carbonyl (C=O) groups excluding carboxylic acids is 4. The Morgan fingerprint density at radius 3 is 2.24 bits per heavy atom. The van der Waals surface area contributed by atoms with E-state index in [1.807, 2.05) is 24.3 Å². The molecule has 4 amide bonds. The quantitative estimate of drug-likeness (QED) is 0.175. The van der Waals surface area contributed by atoms with E-state index in [0.29, 0.717) is 27.6 Å². The third-order valence-corrected chi connectivity index (χ3v) is 11.2. The number of rotatable bonds is 3. The number of carbonyl (C=O) groups is 4. The Labute approximate surface area is 253 Å². The molecule has 10 heteroatoms. The summed E-state index contributed by atoms with van der Waals surface area (Å²) in [5.41, 5.74) is 1.72. The Morgan fingerprint density at radius 2 is 1.54 bits per heavy atom. The topological polar surface area (TPSA) is 95.0 Å². The van der Waals surface area contributed by atoms with Crippen molar-refractivity contribution in [1.29, 1.82) is 0 Å². The molecule has 2 saturated heterocycles. The van der Waals surface area contributed by atoms with E-state index in [1.165, 1.54) is 11.0 Å². The van der Waals surface area contributed by atoms with Crippen molar-refractivity contribution < 1.29 is 24.3 Å². The summed E-state index contributed by atoms with van der Waals surface area (Å²) in [6, 6.07) is 19.2. The molecule has 3 aromatic carbocycles. The van der Waals surface area contributed by atoms with E-state index < -0.39 is 45.2 Å². The third-order valence-electron chi connectivity index (χ3n) is 9.27. The van der Waals surface area contributed by atoms with Crippen LogP contribution in [0.15, 0.2) is 78.4 Å². The predicted molar refractivity (Wildman–Crippen MR) is 158 cm³/mol. The van der Waals surface area contributed by atoms with Crippen molar-refractivity contribution in [3.63, 3.8) is 0 Å². The number of imide groups is 2. The van der Waals surface area contributed by atoms with Crippen molar-refractivity contribution >= 4 is 79.2 Å². The number of nitrogens with zero attached hydrogens (tertiary/aromatic N) is 2. The van der Waals surface area contributed by atoms with Crippen LogP contribution in [0.1, 0.15) is 24.3 Å². The average Bonchev–Trinajstić information content (AvgIpc) is 3.32. The van der Waals surface area contributed by atoms with Gasteiger partial charge in [-0.3, -0.25) is 29.0 Å². The van der Waals surface area contributed by atoms with Gasteiger partial charge in [0.25, 0.3) is 11.8 Å². The molecule has 0 bridgehead atoms. The zero-order chi connectivity index (χ0) is 28.8. The number of fused-ring (bicyclic) bond motifs is 5. The molecule has 3 aromatic rings. The van der Waals surface area contributed by atoms with Gasteiger partial charge < -0.3 is 5.11 Å². The van der Waals surface area contributed by atoms with Gasteiger partial charge in [0.2, 0.25) is 11.8 Å². The molecule has 2 aliphatic heterocycles. The summed E-state index contributed by atoms with van der Waals surface area (Å²) in [4.78, 5) is 54.0. The Morgan fingerprint density at radius 1 is 0.854 bits per heavy atom. The van der Waals surface area contributed by atoms with Crippen molar-refractivity contribution in [2.24, 2.45) is 17.8 Å². The molecule has 0 aromatic heterocycles. The maximum atomic E-state index is 14.0. The number of hydrogen-bond donors (Lipinski definition) is 1. The maximum Gasteiger partial charge on any atom is 0.254 e. The summed E-state index contributed by atoms with van der Waals surface area (Å²) < 4.78 is 0. The SMILES string of the molecule is O=C1C2CC=C3C(CC4(Cl)C(=O)N(CBr)C(=O)C4(Cl)C3c3ccc(O)c4ccccc34)C2C(=O)N1c1ccccc1. The summed E-state index contributed by atoms with van der Waals surface area (Å²) in [5.74, 6) is -4.78. The molecule has 41 heavy (non-hydrogen) atoms. The minimum atomic E-state index is -1.90. The smallest absolute Gasteiger partial charge is 0.254 e. The first-order valence-corrected chi connectivity index (χ1v) is 15.2. The van der Waals surface area contributed by atoms with Gasteiger partial charge in [0.1, 0.15) is 5.75 Å². The Bertz CT molecular complexity index is 1710. The number of phenolic OH excluding ortho intramolecular Hbond substituents is 1. The summed E-state index contributed by atoms with van der Waals surface area (Å²) in [6.07, 6.45) is 2.11. The first-order chi connectivity index (χ1) is 19.6. The largest absolute Gasteiger partial charge is 0.507 e. The van der Waals surface area contributed by atoms with Gasteiger partial charge in [-0.1, -0.05) is 76.1 Å². The van der Waals surface area contributed by atoms with Crippen LogP contribution in [0.4, 0.5) is 5.69 Å². The number of alkyl halides is 3. The van der Waals surface area contributed by atoms with Crippen LogP contribution < -0.4 is 4.90 Å². The molecule has 7 rings (SSSR count). The van der Waals surface area contributed by atoms with Crippen LogP contribution in [0.3, 0.4) is 0 Å². The van der Waals surface area contributed by atoms with E-state index in [1.54, 1.807) is 42.5 Å². The van der Waals surface area contributed by atoms with Crippen molar-refractivity contribution in [3.05, 3.63) is 83.9 Å². The highest BCUT2D eigenvalue weighted by Gasteiger charge is 2.76. The number of likely N-dealkylation sites (tertiary alicyclic amines) is 1. The second kappa shape index (κ2) is 9.15. The fourth-order valence-corrected chi connectivity index (χ4v) is 8.91. The van der Waals surface area contributed by atoms with Crippen molar-refractivity contribution in [1.82, 2.24) is 4.90 Å². The number of hydrogen-bond acceptors (Lipinski definition) is 5. The lowest BCUT2D eigenvalue weighted by Crippen LogP contribution is -2.60. The van der Waals surface area contributed by atoms with Gasteiger partial charge in [0.15, 0.2) is 9.75 Å². The molecule has 3 fully saturated rings. The molecule has 0 spiro atoms. The maximum absolute atomic E-state index is 14.0. The number of allylic oxidation sites excluding steroid dienone is 2. The number of benzene rings is 3. The van der Waals surface area contributed by atoms with Crippen LogP contribution in [0.25, 0.3) is 10.8 Å². The number of amides is 4. The fraction of sp³-hybridized carbons (Fsp3) is 0.290. The molecule has 2 heterocycles. The molecule has 208 valence electrons. The van der Waals surface area contributed by atoms with Gasteiger partial charge in [-0.05, 0) is 47.9 Å². The first-order valence-electron chi connectivity index (χ1n) is 13.3. The van der Waals surface area contributed by atoms with E-state index in [2.05, 4.69) is 15.9 Å². The Balaban J connectivity index is 1.45. The van der Waals surface area contributed by atoms with Gasteiger partial charge in [-0.2, -0.15) is 0 Å². The summed E-state index contributed by atoms with van der Waals surface area (Å²) >= 11 is 17.9. The van der Waals surface area contributed by atoms with Crippen molar-refractivity contribution in [2.75, 3.05) is 10.4 Å². The second-order valence-electron chi connectivity index (χ2n) is 11.1. The number of halogens is 3. The average molecular weight is 654 g/mol. The molecular formula is C31H23BrCl2N2O5. The molecule has 1 N–H and O–H groups in total. The van der Waals surface area contributed by atoms with E-state index in [-0.39, 0.29) is 35.9 Å². The van der Waals surface area contributed by atoms with Gasteiger partial charge >= 0.3 is 0 Å². The predicted octanol–water partition coefficient (Wildman–Crippen LogP) is 5.46. The third kappa shape index (κ3) is 3.32. The zero-order valence-corrected chi connectivity index (χ0v) is 24.6. The fourth-order valence-electron chi connectivity index (χ4n) is 7.49. The van der Waals surface area contributed by atoms with Crippen molar-refractivity contribution in [2.45, 2.75) is 28.5 Å². The second-order valence-corrected chi connectivity index (χ2v) is 12.8. The molecule has 7 nitrogen and oxygen atoms in total. The molecule has 1 saturated carbocycles. The molecule has 6 unspecified atom stereocenters. The zero-order valence-electron chi connectivity index (χ0n) is 21.5. The Hall–Kier alpha value is -3.20.